The van der Waals surface area contributed by atoms with E-state index in [1.165, 1.54) is 0 Å². The van der Waals surface area contributed by atoms with Gasteiger partial charge in [-0.1, -0.05) is 6.92 Å². The Balaban J connectivity index is 2.36. The van der Waals surface area contributed by atoms with Gasteiger partial charge in [0, 0.05) is 5.92 Å². The highest BCUT2D eigenvalue weighted by atomic mass is 79.9. The SMILES string of the molecule is CCOc1c(Br)cc(C(C)c2cc(Br)c(OCCO)c(Br)c2)cc1Br. The van der Waals surface area contributed by atoms with Gasteiger partial charge in [-0.3, -0.25) is 0 Å². The number of rotatable bonds is 7. The minimum absolute atomic E-state index is 0.0226. The van der Waals surface area contributed by atoms with Crippen LogP contribution in [-0.4, -0.2) is 24.9 Å². The monoisotopic (exact) mass is 598 g/mol. The zero-order valence-corrected chi connectivity index (χ0v) is 20.1. The van der Waals surface area contributed by atoms with Crippen LogP contribution in [-0.2, 0) is 0 Å². The quantitative estimate of drug-likeness (QED) is 0.386. The topological polar surface area (TPSA) is 38.7 Å². The van der Waals surface area contributed by atoms with Crippen molar-refractivity contribution in [1.82, 2.24) is 0 Å². The molecule has 0 aliphatic heterocycles. The summed E-state index contributed by atoms with van der Waals surface area (Å²) in [6.45, 7) is 4.96. The maximum Gasteiger partial charge on any atom is 0.147 e. The van der Waals surface area contributed by atoms with Gasteiger partial charge >= 0.3 is 0 Å². The van der Waals surface area contributed by atoms with Crippen molar-refractivity contribution in [3.8, 4) is 11.5 Å². The van der Waals surface area contributed by atoms with E-state index in [0.717, 1.165) is 34.8 Å². The maximum atomic E-state index is 8.94. The van der Waals surface area contributed by atoms with Crippen LogP contribution in [0, 0.1) is 0 Å². The third kappa shape index (κ3) is 5.22. The van der Waals surface area contributed by atoms with Crippen molar-refractivity contribution >= 4 is 63.7 Å². The second-order valence-corrected chi connectivity index (χ2v) is 8.77. The predicted molar refractivity (Wildman–Crippen MR) is 115 cm³/mol. The summed E-state index contributed by atoms with van der Waals surface area (Å²) < 4.78 is 14.8. The maximum absolute atomic E-state index is 8.94. The number of halogens is 4. The summed E-state index contributed by atoms with van der Waals surface area (Å²) in [6, 6.07) is 8.25. The number of hydrogen-bond donors (Lipinski definition) is 1. The van der Waals surface area contributed by atoms with E-state index in [2.05, 4.69) is 82.8 Å². The van der Waals surface area contributed by atoms with Crippen molar-refractivity contribution in [3.63, 3.8) is 0 Å². The molecule has 0 saturated carbocycles. The highest BCUT2D eigenvalue weighted by Gasteiger charge is 2.17. The molecule has 0 fully saturated rings. The molecule has 0 amide bonds. The van der Waals surface area contributed by atoms with Gasteiger partial charge in [0.1, 0.15) is 18.1 Å². The number of aliphatic hydroxyl groups is 1. The Morgan fingerprint density at radius 2 is 1.24 bits per heavy atom. The van der Waals surface area contributed by atoms with Crippen LogP contribution in [0.3, 0.4) is 0 Å². The van der Waals surface area contributed by atoms with Crippen molar-refractivity contribution in [3.05, 3.63) is 53.3 Å². The summed E-state index contributed by atoms with van der Waals surface area (Å²) in [5, 5.41) is 8.94. The molecular formula is C18H18Br4O3. The van der Waals surface area contributed by atoms with E-state index in [4.69, 9.17) is 14.6 Å². The minimum Gasteiger partial charge on any atom is -0.492 e. The van der Waals surface area contributed by atoms with E-state index >= 15 is 0 Å². The lowest BCUT2D eigenvalue weighted by molar-refractivity contribution is 0.200. The van der Waals surface area contributed by atoms with Crippen LogP contribution in [0.2, 0.25) is 0 Å². The smallest absolute Gasteiger partial charge is 0.147 e. The molecule has 136 valence electrons. The second-order valence-electron chi connectivity index (χ2n) is 5.35. The van der Waals surface area contributed by atoms with Crippen molar-refractivity contribution in [2.45, 2.75) is 19.8 Å². The summed E-state index contributed by atoms with van der Waals surface area (Å²) in [7, 11) is 0. The number of hydrogen-bond acceptors (Lipinski definition) is 3. The summed E-state index contributed by atoms with van der Waals surface area (Å²) in [4.78, 5) is 0. The van der Waals surface area contributed by atoms with Crippen molar-refractivity contribution < 1.29 is 14.6 Å². The van der Waals surface area contributed by atoms with Crippen LogP contribution in [0.5, 0.6) is 11.5 Å². The van der Waals surface area contributed by atoms with Crippen molar-refractivity contribution in [2.24, 2.45) is 0 Å². The molecule has 0 bridgehead atoms. The Labute approximate surface area is 181 Å². The molecule has 0 aromatic heterocycles. The van der Waals surface area contributed by atoms with Gasteiger partial charge in [0.05, 0.1) is 31.1 Å². The van der Waals surface area contributed by atoms with Crippen LogP contribution < -0.4 is 9.47 Å². The van der Waals surface area contributed by atoms with Gasteiger partial charge in [-0.25, -0.2) is 0 Å². The Morgan fingerprint density at radius 3 is 1.60 bits per heavy atom. The average Bonchev–Trinajstić information content (AvgIpc) is 2.56. The summed E-state index contributed by atoms with van der Waals surface area (Å²) in [5.74, 6) is 1.68. The molecule has 1 atom stereocenters. The van der Waals surface area contributed by atoms with Gasteiger partial charge in [-0.15, -0.1) is 0 Å². The standard InChI is InChI=1S/C18H18Br4O3/c1-3-24-17-13(19)6-11(7-14(17)20)10(2)12-8-15(21)18(16(22)9-12)25-5-4-23/h6-10,23H,3-5H2,1-2H3. The van der Waals surface area contributed by atoms with E-state index in [1.807, 2.05) is 19.1 Å². The first-order valence-corrected chi connectivity index (χ1v) is 10.9. The first-order chi connectivity index (χ1) is 11.9. The fourth-order valence-electron chi connectivity index (χ4n) is 2.42. The van der Waals surface area contributed by atoms with Gasteiger partial charge in [-0.2, -0.15) is 0 Å². The van der Waals surface area contributed by atoms with E-state index in [9.17, 15) is 0 Å². The van der Waals surface area contributed by atoms with E-state index in [-0.39, 0.29) is 19.1 Å². The Morgan fingerprint density at radius 1 is 0.840 bits per heavy atom. The molecule has 1 N–H and O–H groups in total. The first-order valence-electron chi connectivity index (χ1n) is 7.73. The van der Waals surface area contributed by atoms with Gasteiger partial charge in [0.2, 0.25) is 0 Å². The lowest BCUT2D eigenvalue weighted by Crippen LogP contribution is -2.04. The van der Waals surface area contributed by atoms with Gasteiger partial charge < -0.3 is 14.6 Å². The largest absolute Gasteiger partial charge is 0.492 e. The lowest BCUT2D eigenvalue weighted by Gasteiger charge is -2.18. The third-order valence-corrected chi connectivity index (χ3v) is 6.02. The lowest BCUT2D eigenvalue weighted by atomic mass is 9.93. The van der Waals surface area contributed by atoms with Gasteiger partial charge in [0.15, 0.2) is 0 Å². The van der Waals surface area contributed by atoms with Crippen LogP contribution in [0.1, 0.15) is 30.9 Å². The summed E-state index contributed by atoms with van der Waals surface area (Å²) >= 11 is 14.3. The molecule has 2 aromatic carbocycles. The first kappa shape index (κ1) is 21.2. The zero-order valence-electron chi connectivity index (χ0n) is 13.8. The van der Waals surface area contributed by atoms with Crippen molar-refractivity contribution in [2.75, 3.05) is 19.8 Å². The average molecular weight is 602 g/mol. The fraction of sp³-hybridized carbons (Fsp3) is 0.333. The molecule has 0 spiro atoms. The van der Waals surface area contributed by atoms with E-state index < -0.39 is 0 Å². The summed E-state index contributed by atoms with van der Waals surface area (Å²) in [5.41, 5.74) is 2.29. The molecule has 0 aliphatic carbocycles. The molecule has 2 aromatic rings. The fourth-order valence-corrected chi connectivity index (χ4v) is 5.32. The highest BCUT2D eigenvalue weighted by molar-refractivity contribution is 9.11. The molecule has 3 nitrogen and oxygen atoms in total. The van der Waals surface area contributed by atoms with E-state index in [1.54, 1.807) is 0 Å². The van der Waals surface area contributed by atoms with Gasteiger partial charge in [0.25, 0.3) is 0 Å². The molecule has 0 saturated heterocycles. The summed E-state index contributed by atoms with van der Waals surface area (Å²) in [6.07, 6.45) is 0. The number of aliphatic hydroxyl groups excluding tert-OH is 1. The number of benzene rings is 2. The molecule has 25 heavy (non-hydrogen) atoms. The molecule has 0 heterocycles. The molecule has 1 unspecified atom stereocenters. The minimum atomic E-state index is -0.0226. The molecular weight excluding hydrogens is 584 g/mol. The Bertz CT molecular complexity index is 703. The van der Waals surface area contributed by atoms with E-state index in [0.29, 0.717) is 12.4 Å². The molecule has 0 radical (unpaired) electrons. The van der Waals surface area contributed by atoms with Gasteiger partial charge in [-0.05, 0) is 106 Å². The normalized spacial score (nSPS) is 12.1. The van der Waals surface area contributed by atoms with Crippen LogP contribution in [0.25, 0.3) is 0 Å². The second kappa shape index (κ2) is 9.74. The van der Waals surface area contributed by atoms with Crippen LogP contribution in [0.4, 0.5) is 0 Å². The van der Waals surface area contributed by atoms with Crippen LogP contribution in [0.15, 0.2) is 42.2 Å². The Kier molecular flexibility index (Phi) is 8.27. The third-order valence-electron chi connectivity index (χ3n) is 3.67. The zero-order chi connectivity index (χ0) is 18.6. The number of ether oxygens (including phenoxy) is 2. The molecule has 2 rings (SSSR count). The molecule has 7 heteroatoms. The predicted octanol–water partition coefficient (Wildman–Crippen LogP) is 6.66. The van der Waals surface area contributed by atoms with Crippen LogP contribution >= 0.6 is 63.7 Å². The Hall–Kier alpha value is -0.0800. The highest BCUT2D eigenvalue weighted by Crippen LogP contribution is 2.41. The molecule has 0 aliphatic rings. The van der Waals surface area contributed by atoms with Crippen molar-refractivity contribution in [1.29, 1.82) is 0 Å².